The molecule has 4 heteroatoms. The second-order valence-electron chi connectivity index (χ2n) is 13.3. The molecule has 10 aromatic rings. The zero-order valence-electron chi connectivity index (χ0n) is 34.4. The molecular formula is C51H33N3O. The Morgan fingerprint density at radius 1 is 0.345 bits per heavy atom. The van der Waals surface area contributed by atoms with Gasteiger partial charge in [0.2, 0.25) is 0 Å². The Hall–Kier alpha value is -7.43. The number of hydrogen-bond donors (Lipinski definition) is 0. The Labute approximate surface area is 326 Å². The molecule has 0 radical (unpaired) electrons. The molecule has 0 spiro atoms. The second-order valence-corrected chi connectivity index (χ2v) is 13.3. The van der Waals surface area contributed by atoms with Crippen molar-refractivity contribution in [2.24, 2.45) is 0 Å². The van der Waals surface area contributed by atoms with E-state index in [1.165, 1.54) is 11.1 Å². The fourth-order valence-electron chi connectivity index (χ4n) is 7.11. The predicted molar refractivity (Wildman–Crippen MR) is 225 cm³/mol. The maximum absolute atomic E-state index is 8.72. The van der Waals surface area contributed by atoms with Gasteiger partial charge in [-0.1, -0.05) is 176 Å². The Kier molecular flexibility index (Phi) is 6.85. The van der Waals surface area contributed by atoms with Gasteiger partial charge in [-0.2, -0.15) is 0 Å². The Morgan fingerprint density at radius 3 is 1.49 bits per heavy atom. The molecule has 0 saturated heterocycles. The maximum atomic E-state index is 8.72. The van der Waals surface area contributed by atoms with Crippen molar-refractivity contribution in [3.8, 4) is 78.7 Å². The Morgan fingerprint density at radius 2 is 0.836 bits per heavy atom. The molecule has 8 aromatic carbocycles. The highest BCUT2D eigenvalue weighted by atomic mass is 16.3. The lowest BCUT2D eigenvalue weighted by Gasteiger charge is -2.09. The summed E-state index contributed by atoms with van der Waals surface area (Å²) in [5.41, 5.74) is 11.3. The highest BCUT2D eigenvalue weighted by molar-refractivity contribution is 6.13. The summed E-state index contributed by atoms with van der Waals surface area (Å²) >= 11 is 0. The van der Waals surface area contributed by atoms with Crippen molar-refractivity contribution in [1.29, 1.82) is 0 Å². The van der Waals surface area contributed by atoms with E-state index in [1.807, 2.05) is 103 Å². The molecule has 2 aromatic heterocycles. The van der Waals surface area contributed by atoms with Crippen molar-refractivity contribution in [2.75, 3.05) is 0 Å². The summed E-state index contributed by atoms with van der Waals surface area (Å²) in [7, 11) is 0. The quantitative estimate of drug-likeness (QED) is 0.165. The lowest BCUT2D eigenvalue weighted by atomic mass is 9.95. The highest BCUT2D eigenvalue weighted by Crippen LogP contribution is 2.39. The molecule has 0 aliphatic carbocycles. The number of rotatable bonds is 7. The van der Waals surface area contributed by atoms with Crippen LogP contribution in [0.15, 0.2) is 204 Å². The zero-order valence-corrected chi connectivity index (χ0v) is 29.4. The van der Waals surface area contributed by atoms with Gasteiger partial charge in [0.25, 0.3) is 0 Å². The van der Waals surface area contributed by atoms with E-state index < -0.39 is 30.2 Å². The molecule has 2 heterocycles. The van der Waals surface area contributed by atoms with Crippen LogP contribution in [0.4, 0.5) is 0 Å². The van der Waals surface area contributed by atoms with Gasteiger partial charge in [-0.05, 0) is 68.8 Å². The van der Waals surface area contributed by atoms with Gasteiger partial charge in [0.05, 0.1) is 6.85 Å². The number of hydrogen-bond acceptors (Lipinski definition) is 4. The van der Waals surface area contributed by atoms with E-state index in [2.05, 4.69) is 66.7 Å². The molecule has 0 unspecified atom stereocenters. The molecule has 0 aliphatic heterocycles. The van der Waals surface area contributed by atoms with E-state index in [-0.39, 0.29) is 17.2 Å². The van der Waals surface area contributed by atoms with Gasteiger partial charge in [-0.25, -0.2) is 15.0 Å². The molecule has 0 N–H and O–H groups in total. The monoisotopic (exact) mass is 708 g/mol. The topological polar surface area (TPSA) is 51.8 Å². The third-order valence-electron chi connectivity index (χ3n) is 9.86. The van der Waals surface area contributed by atoms with E-state index in [4.69, 9.17) is 26.2 Å². The van der Waals surface area contributed by atoms with Crippen molar-refractivity contribution < 1.29 is 11.3 Å². The van der Waals surface area contributed by atoms with E-state index in [0.29, 0.717) is 22.5 Å². The number of furan rings is 1. The molecule has 0 bridgehead atoms. The van der Waals surface area contributed by atoms with Crippen LogP contribution in [0, 0.1) is 0 Å². The minimum absolute atomic E-state index is 0.0271. The lowest BCUT2D eigenvalue weighted by molar-refractivity contribution is 0.669. The fourth-order valence-corrected chi connectivity index (χ4v) is 7.11. The van der Waals surface area contributed by atoms with Crippen molar-refractivity contribution >= 4 is 21.9 Å². The molecule has 0 fully saturated rings. The normalized spacial score (nSPS) is 12.5. The first kappa shape index (κ1) is 27.2. The maximum Gasteiger partial charge on any atom is 0.164 e. The van der Waals surface area contributed by atoms with Crippen molar-refractivity contribution in [3.05, 3.63) is 200 Å². The fraction of sp³-hybridized carbons (Fsp3) is 0. The molecule has 0 amide bonds. The summed E-state index contributed by atoms with van der Waals surface area (Å²) in [5, 5.41) is 1.89. The zero-order chi connectivity index (χ0) is 40.9. The van der Waals surface area contributed by atoms with Crippen LogP contribution in [0.25, 0.3) is 101 Å². The summed E-state index contributed by atoms with van der Waals surface area (Å²) in [5.74, 6) is 0.534. The first-order chi connectivity index (χ1) is 29.3. The van der Waals surface area contributed by atoms with Crippen LogP contribution in [0.3, 0.4) is 0 Å². The summed E-state index contributed by atoms with van der Waals surface area (Å²) in [4.78, 5) is 14.4. The number of nitrogens with zero attached hydrogens (tertiary/aromatic N) is 3. The van der Waals surface area contributed by atoms with Crippen LogP contribution >= 0.6 is 0 Å². The van der Waals surface area contributed by atoms with Crippen LogP contribution in [0.1, 0.15) is 6.85 Å². The van der Waals surface area contributed by atoms with Crippen molar-refractivity contribution in [2.45, 2.75) is 0 Å². The molecular weight excluding hydrogens is 671 g/mol. The third-order valence-corrected chi connectivity index (χ3v) is 9.86. The summed E-state index contributed by atoms with van der Waals surface area (Å²) < 4.78 is 48.8. The first-order valence-electron chi connectivity index (χ1n) is 20.5. The molecule has 0 atom stereocenters. The highest BCUT2D eigenvalue weighted by Gasteiger charge is 2.17. The number of benzene rings is 8. The average molecular weight is 709 g/mol. The van der Waals surface area contributed by atoms with Gasteiger partial charge < -0.3 is 4.42 Å². The lowest BCUT2D eigenvalue weighted by Crippen LogP contribution is -2.00. The largest absolute Gasteiger partial charge is 0.456 e. The van der Waals surface area contributed by atoms with E-state index in [0.717, 1.165) is 49.7 Å². The Balaban J connectivity index is 1.07. The summed E-state index contributed by atoms with van der Waals surface area (Å²) in [6.45, 7) is 0. The minimum atomic E-state index is -0.487. The number of fused-ring (bicyclic) bond motifs is 3. The number of aromatic nitrogens is 3. The van der Waals surface area contributed by atoms with Gasteiger partial charge in [0.1, 0.15) is 11.2 Å². The van der Waals surface area contributed by atoms with Gasteiger partial charge in [-0.3, -0.25) is 0 Å². The molecule has 258 valence electrons. The van der Waals surface area contributed by atoms with E-state index >= 15 is 0 Å². The molecule has 55 heavy (non-hydrogen) atoms. The standard InChI is InChI=1S/C51H33N3O/c1-4-12-34(13-5-1)36-22-24-38(25-23-36)41-18-10-19-42(32-41)44-20-11-21-46-48(44)45-31-30-43(33-47(45)55-46)51-53-49(39-16-8-3-9-17-39)52-50(54-51)40-28-26-37(27-29-40)35-14-6-2-7-15-35/h1-33H/i3D,8D,9D,16D,17D. The predicted octanol–water partition coefficient (Wildman–Crippen LogP) is 13.4. The first-order valence-corrected chi connectivity index (χ1v) is 18.0. The van der Waals surface area contributed by atoms with E-state index in [9.17, 15) is 0 Å². The van der Waals surface area contributed by atoms with Gasteiger partial charge >= 0.3 is 0 Å². The van der Waals surface area contributed by atoms with Crippen LogP contribution in [-0.4, -0.2) is 15.0 Å². The molecule has 0 saturated carbocycles. The van der Waals surface area contributed by atoms with Crippen molar-refractivity contribution in [1.82, 2.24) is 15.0 Å². The van der Waals surface area contributed by atoms with Crippen molar-refractivity contribution in [3.63, 3.8) is 0 Å². The minimum Gasteiger partial charge on any atom is -0.456 e. The van der Waals surface area contributed by atoms with Crippen LogP contribution in [0.2, 0.25) is 0 Å². The third kappa shape index (κ3) is 6.26. The summed E-state index contributed by atoms with van der Waals surface area (Å²) in [6.07, 6.45) is 0. The SMILES string of the molecule is [2H]c1c([2H])c([2H])c(-c2nc(-c3ccc(-c4ccccc4)cc3)nc(-c3ccc4c(c3)oc3cccc(-c5cccc(-c6ccc(-c7ccccc7)cc6)c5)c34)n2)c([2H])c1[2H]. The van der Waals surface area contributed by atoms with Crippen LogP contribution < -0.4 is 0 Å². The van der Waals surface area contributed by atoms with Crippen LogP contribution in [-0.2, 0) is 0 Å². The van der Waals surface area contributed by atoms with E-state index in [1.54, 1.807) is 0 Å². The van der Waals surface area contributed by atoms with Gasteiger partial charge in [-0.15, -0.1) is 0 Å². The van der Waals surface area contributed by atoms with Gasteiger partial charge in [0, 0.05) is 27.5 Å². The summed E-state index contributed by atoms with van der Waals surface area (Å²) in [6, 6.07) is 55.0. The molecule has 10 rings (SSSR count). The molecule has 0 aliphatic rings. The average Bonchev–Trinajstić information content (AvgIpc) is 3.69. The molecule has 4 nitrogen and oxygen atoms in total. The van der Waals surface area contributed by atoms with Gasteiger partial charge in [0.15, 0.2) is 17.5 Å². The Bertz CT molecular complexity index is 3210. The van der Waals surface area contributed by atoms with Crippen LogP contribution in [0.5, 0.6) is 0 Å². The smallest absolute Gasteiger partial charge is 0.164 e. The second kappa shape index (κ2) is 13.8.